The van der Waals surface area contributed by atoms with E-state index in [0.717, 1.165) is 6.54 Å². The van der Waals surface area contributed by atoms with Crippen molar-refractivity contribution in [3.8, 4) is 0 Å². The maximum atomic E-state index is 3.60. The molecule has 0 saturated carbocycles. The van der Waals surface area contributed by atoms with Gasteiger partial charge in [0.15, 0.2) is 0 Å². The van der Waals surface area contributed by atoms with Gasteiger partial charge in [-0.15, -0.1) is 0 Å². The molecule has 2 rings (SSSR count). The molecule has 1 nitrogen and oxygen atoms in total. The highest BCUT2D eigenvalue weighted by atomic mass is 79.9. The van der Waals surface area contributed by atoms with E-state index >= 15 is 0 Å². The maximum Gasteiger partial charge on any atom is 0.0244 e. The molecule has 0 spiro atoms. The standard InChI is InChI=1S/C12H16BrN/c13-12-7-3-2-6-11(12)10-14-8-4-1-5-9-14/h2-3,6-7H,1,4-5,8-10H2. The van der Waals surface area contributed by atoms with Gasteiger partial charge in [-0.25, -0.2) is 0 Å². The molecule has 0 bridgehead atoms. The van der Waals surface area contributed by atoms with Crippen molar-refractivity contribution in [2.45, 2.75) is 25.8 Å². The molecule has 1 fully saturated rings. The number of piperidine rings is 1. The quantitative estimate of drug-likeness (QED) is 0.781. The third-order valence-corrected chi connectivity index (χ3v) is 3.57. The topological polar surface area (TPSA) is 3.24 Å². The van der Waals surface area contributed by atoms with E-state index < -0.39 is 0 Å². The summed E-state index contributed by atoms with van der Waals surface area (Å²) < 4.78 is 1.24. The van der Waals surface area contributed by atoms with Gasteiger partial charge in [-0.1, -0.05) is 40.5 Å². The van der Waals surface area contributed by atoms with Crippen LogP contribution < -0.4 is 0 Å². The van der Waals surface area contributed by atoms with Crippen molar-refractivity contribution in [1.29, 1.82) is 0 Å². The van der Waals surface area contributed by atoms with Gasteiger partial charge in [0, 0.05) is 11.0 Å². The van der Waals surface area contributed by atoms with Crippen LogP contribution in [-0.4, -0.2) is 18.0 Å². The van der Waals surface area contributed by atoms with Gasteiger partial charge in [0.05, 0.1) is 0 Å². The minimum absolute atomic E-state index is 1.10. The van der Waals surface area contributed by atoms with E-state index in [1.54, 1.807) is 0 Å². The zero-order valence-electron chi connectivity index (χ0n) is 8.38. The predicted octanol–water partition coefficient (Wildman–Crippen LogP) is 3.44. The Morgan fingerprint density at radius 1 is 1.07 bits per heavy atom. The Labute approximate surface area is 94.2 Å². The molecule has 14 heavy (non-hydrogen) atoms. The highest BCUT2D eigenvalue weighted by Crippen LogP contribution is 2.19. The van der Waals surface area contributed by atoms with Gasteiger partial charge in [-0.2, -0.15) is 0 Å². The van der Waals surface area contributed by atoms with Gasteiger partial charge in [-0.3, -0.25) is 4.90 Å². The van der Waals surface area contributed by atoms with Crippen LogP contribution in [0.4, 0.5) is 0 Å². The molecule has 1 aromatic rings. The van der Waals surface area contributed by atoms with Crippen LogP contribution in [0.2, 0.25) is 0 Å². The molecule has 0 aliphatic carbocycles. The van der Waals surface area contributed by atoms with Gasteiger partial charge in [0.1, 0.15) is 0 Å². The molecule has 1 saturated heterocycles. The summed E-state index contributed by atoms with van der Waals surface area (Å²) in [5.41, 5.74) is 1.41. The summed E-state index contributed by atoms with van der Waals surface area (Å²) in [5.74, 6) is 0. The second-order valence-corrected chi connectivity index (χ2v) is 4.78. The first-order chi connectivity index (χ1) is 6.86. The molecule has 0 aromatic heterocycles. The molecule has 0 atom stereocenters. The summed E-state index contributed by atoms with van der Waals surface area (Å²) in [6.07, 6.45) is 4.14. The average Bonchev–Trinajstić information content (AvgIpc) is 2.23. The highest BCUT2D eigenvalue weighted by molar-refractivity contribution is 9.10. The Bertz CT molecular complexity index is 292. The molecule has 76 valence electrons. The van der Waals surface area contributed by atoms with Gasteiger partial charge in [0.25, 0.3) is 0 Å². The van der Waals surface area contributed by atoms with Crippen molar-refractivity contribution >= 4 is 15.9 Å². The summed E-state index contributed by atoms with van der Waals surface area (Å²) in [4.78, 5) is 2.55. The van der Waals surface area contributed by atoms with Crippen molar-refractivity contribution in [3.05, 3.63) is 34.3 Å². The van der Waals surface area contributed by atoms with Gasteiger partial charge < -0.3 is 0 Å². The summed E-state index contributed by atoms with van der Waals surface area (Å²) in [5, 5.41) is 0. The first kappa shape index (κ1) is 10.2. The molecule has 2 heteroatoms. The van der Waals surface area contributed by atoms with Crippen LogP contribution in [0.15, 0.2) is 28.7 Å². The van der Waals surface area contributed by atoms with Crippen molar-refractivity contribution in [2.24, 2.45) is 0 Å². The summed E-state index contributed by atoms with van der Waals surface area (Å²) in [6, 6.07) is 8.52. The number of nitrogens with zero attached hydrogens (tertiary/aromatic N) is 1. The molecule has 0 N–H and O–H groups in total. The third-order valence-electron chi connectivity index (χ3n) is 2.80. The molecule has 1 aliphatic heterocycles. The Morgan fingerprint density at radius 2 is 1.79 bits per heavy atom. The first-order valence-corrected chi connectivity index (χ1v) is 6.11. The summed E-state index contributed by atoms with van der Waals surface area (Å²) in [6.45, 7) is 3.63. The minimum Gasteiger partial charge on any atom is -0.299 e. The highest BCUT2D eigenvalue weighted by Gasteiger charge is 2.11. The van der Waals surface area contributed by atoms with Crippen molar-refractivity contribution in [3.63, 3.8) is 0 Å². The number of rotatable bonds is 2. The predicted molar refractivity (Wildman–Crippen MR) is 63.3 cm³/mol. The zero-order chi connectivity index (χ0) is 9.80. The van der Waals surface area contributed by atoms with Crippen LogP contribution in [0, 0.1) is 0 Å². The first-order valence-electron chi connectivity index (χ1n) is 5.32. The molecule has 0 unspecified atom stereocenters. The SMILES string of the molecule is Brc1ccccc1CN1CCCCC1. The third kappa shape index (κ3) is 2.58. The second-order valence-electron chi connectivity index (χ2n) is 3.93. The van der Waals surface area contributed by atoms with Crippen molar-refractivity contribution in [2.75, 3.05) is 13.1 Å². The monoisotopic (exact) mass is 253 g/mol. The Morgan fingerprint density at radius 3 is 2.50 bits per heavy atom. The van der Waals surface area contributed by atoms with Gasteiger partial charge in [0.2, 0.25) is 0 Å². The number of hydrogen-bond donors (Lipinski definition) is 0. The van der Waals surface area contributed by atoms with Crippen LogP contribution in [0.3, 0.4) is 0 Å². The van der Waals surface area contributed by atoms with E-state index in [0.29, 0.717) is 0 Å². The van der Waals surface area contributed by atoms with E-state index in [1.807, 2.05) is 0 Å². The average molecular weight is 254 g/mol. The lowest BCUT2D eigenvalue weighted by Crippen LogP contribution is -2.29. The molecule has 1 heterocycles. The summed E-state index contributed by atoms with van der Waals surface area (Å²) >= 11 is 3.60. The van der Waals surface area contributed by atoms with Crippen LogP contribution in [-0.2, 0) is 6.54 Å². The van der Waals surface area contributed by atoms with E-state index in [4.69, 9.17) is 0 Å². The molecular weight excluding hydrogens is 238 g/mol. The molecule has 0 radical (unpaired) electrons. The summed E-state index contributed by atoms with van der Waals surface area (Å²) in [7, 11) is 0. The van der Waals surface area contributed by atoms with Gasteiger partial charge in [-0.05, 0) is 37.6 Å². The van der Waals surface area contributed by atoms with E-state index in [9.17, 15) is 0 Å². The fourth-order valence-electron chi connectivity index (χ4n) is 1.99. The lowest BCUT2D eigenvalue weighted by Gasteiger charge is -2.26. The normalized spacial score (nSPS) is 18.4. The molecule has 1 aliphatic rings. The molecule has 1 aromatic carbocycles. The van der Waals surface area contributed by atoms with Crippen LogP contribution in [0.25, 0.3) is 0 Å². The minimum atomic E-state index is 1.10. The second kappa shape index (κ2) is 4.94. The van der Waals surface area contributed by atoms with Crippen LogP contribution in [0.1, 0.15) is 24.8 Å². The number of likely N-dealkylation sites (tertiary alicyclic amines) is 1. The van der Waals surface area contributed by atoms with Crippen molar-refractivity contribution in [1.82, 2.24) is 4.90 Å². The van der Waals surface area contributed by atoms with Crippen LogP contribution in [0.5, 0.6) is 0 Å². The largest absolute Gasteiger partial charge is 0.299 e. The van der Waals surface area contributed by atoms with E-state index in [2.05, 4.69) is 45.1 Å². The molecule has 0 amide bonds. The molecular formula is C12H16BrN. The smallest absolute Gasteiger partial charge is 0.0244 e. The van der Waals surface area contributed by atoms with E-state index in [1.165, 1.54) is 42.4 Å². The maximum absolute atomic E-state index is 3.60. The fraction of sp³-hybridized carbons (Fsp3) is 0.500. The Balaban J connectivity index is 1.99. The Kier molecular flexibility index (Phi) is 3.60. The zero-order valence-corrected chi connectivity index (χ0v) is 9.96. The lowest BCUT2D eigenvalue weighted by atomic mass is 10.1. The Hall–Kier alpha value is -0.340. The van der Waals surface area contributed by atoms with Gasteiger partial charge >= 0.3 is 0 Å². The number of hydrogen-bond acceptors (Lipinski definition) is 1. The van der Waals surface area contributed by atoms with Crippen LogP contribution >= 0.6 is 15.9 Å². The lowest BCUT2D eigenvalue weighted by molar-refractivity contribution is 0.220. The number of halogens is 1. The van der Waals surface area contributed by atoms with E-state index in [-0.39, 0.29) is 0 Å². The fourth-order valence-corrected chi connectivity index (χ4v) is 2.40. The van der Waals surface area contributed by atoms with Crippen molar-refractivity contribution < 1.29 is 0 Å². The number of benzene rings is 1.